The average Bonchev–Trinajstić information content (AvgIpc) is 2.19. The van der Waals surface area contributed by atoms with Gasteiger partial charge in [0.1, 0.15) is 0 Å². The normalized spacial score (nSPS) is 20.2. The molecule has 5 heteroatoms. The van der Waals surface area contributed by atoms with Gasteiger partial charge >= 0.3 is 11.9 Å². The minimum Gasteiger partial charge on any atom is -0.481 e. The predicted octanol–water partition coefficient (Wildman–Crippen LogP) is 3.28. The zero-order valence-corrected chi connectivity index (χ0v) is 14.0. The SMILES string of the molecule is CC1CC(C)(C)NC(C)(C)C1.O=C(O)CCCCC(=O)O. The number of hydrogen-bond acceptors (Lipinski definition) is 3. The van der Waals surface area contributed by atoms with E-state index in [1.165, 1.54) is 12.8 Å². The van der Waals surface area contributed by atoms with Crippen molar-refractivity contribution in [3.63, 3.8) is 0 Å². The van der Waals surface area contributed by atoms with Gasteiger partial charge in [0.15, 0.2) is 0 Å². The first kappa shape index (κ1) is 19.9. The Morgan fingerprint density at radius 3 is 1.52 bits per heavy atom. The first-order valence-corrected chi connectivity index (χ1v) is 7.66. The maximum Gasteiger partial charge on any atom is 0.303 e. The van der Waals surface area contributed by atoms with Crippen molar-refractivity contribution in [3.8, 4) is 0 Å². The molecular weight excluding hydrogens is 270 g/mol. The average molecular weight is 301 g/mol. The van der Waals surface area contributed by atoms with Gasteiger partial charge in [-0.05, 0) is 59.3 Å². The first-order chi connectivity index (χ1) is 9.43. The summed E-state index contributed by atoms with van der Waals surface area (Å²) >= 11 is 0. The number of carboxylic acid groups (broad SMARTS) is 2. The molecule has 1 aliphatic rings. The molecule has 0 aromatic heterocycles. The molecule has 1 saturated heterocycles. The van der Waals surface area contributed by atoms with Gasteiger partial charge in [0, 0.05) is 23.9 Å². The van der Waals surface area contributed by atoms with Crippen molar-refractivity contribution in [3.05, 3.63) is 0 Å². The van der Waals surface area contributed by atoms with Gasteiger partial charge in [-0.2, -0.15) is 0 Å². The van der Waals surface area contributed by atoms with E-state index in [9.17, 15) is 9.59 Å². The minimum atomic E-state index is -0.870. The van der Waals surface area contributed by atoms with Crippen LogP contribution in [0.15, 0.2) is 0 Å². The highest BCUT2D eigenvalue weighted by Crippen LogP contribution is 2.31. The molecule has 1 fully saturated rings. The second-order valence-corrected chi connectivity index (χ2v) is 7.40. The van der Waals surface area contributed by atoms with Crippen LogP contribution in [0.25, 0.3) is 0 Å². The molecule has 0 radical (unpaired) electrons. The topological polar surface area (TPSA) is 86.6 Å². The Kier molecular flexibility index (Phi) is 7.93. The summed E-state index contributed by atoms with van der Waals surface area (Å²) in [5, 5.41) is 19.9. The largest absolute Gasteiger partial charge is 0.481 e. The number of unbranched alkanes of at least 4 members (excludes halogenated alkanes) is 1. The van der Waals surface area contributed by atoms with Gasteiger partial charge in [0.05, 0.1) is 0 Å². The third kappa shape index (κ3) is 11.3. The molecule has 5 nitrogen and oxygen atoms in total. The Morgan fingerprint density at radius 2 is 1.29 bits per heavy atom. The summed E-state index contributed by atoms with van der Waals surface area (Å²) in [4.78, 5) is 19.8. The molecule has 1 aliphatic heterocycles. The Balaban J connectivity index is 0.000000384. The van der Waals surface area contributed by atoms with E-state index in [4.69, 9.17) is 10.2 Å². The number of rotatable bonds is 5. The summed E-state index contributed by atoms with van der Waals surface area (Å²) in [7, 11) is 0. The number of carbonyl (C=O) groups is 2. The van der Waals surface area contributed by atoms with Crippen LogP contribution in [0.1, 0.15) is 73.1 Å². The molecule has 0 atom stereocenters. The third-order valence-electron chi connectivity index (χ3n) is 3.43. The fraction of sp³-hybridized carbons (Fsp3) is 0.875. The lowest BCUT2D eigenvalue weighted by Crippen LogP contribution is -2.57. The molecule has 21 heavy (non-hydrogen) atoms. The van der Waals surface area contributed by atoms with Crippen molar-refractivity contribution in [2.24, 2.45) is 5.92 Å². The number of carboxylic acids is 2. The van der Waals surface area contributed by atoms with Crippen LogP contribution in [0.4, 0.5) is 0 Å². The first-order valence-electron chi connectivity index (χ1n) is 7.66. The minimum absolute atomic E-state index is 0.0628. The van der Waals surface area contributed by atoms with E-state index in [0.717, 1.165) is 5.92 Å². The molecule has 0 spiro atoms. The molecule has 0 unspecified atom stereocenters. The van der Waals surface area contributed by atoms with Crippen LogP contribution in [-0.2, 0) is 9.59 Å². The summed E-state index contributed by atoms with van der Waals surface area (Å²) < 4.78 is 0. The Bertz CT molecular complexity index is 318. The highest BCUT2D eigenvalue weighted by molar-refractivity contribution is 5.67. The van der Waals surface area contributed by atoms with Crippen LogP contribution >= 0.6 is 0 Å². The van der Waals surface area contributed by atoms with Crippen LogP contribution in [0.2, 0.25) is 0 Å². The van der Waals surface area contributed by atoms with E-state index in [0.29, 0.717) is 23.9 Å². The van der Waals surface area contributed by atoms with Crippen molar-refractivity contribution >= 4 is 11.9 Å². The lowest BCUT2D eigenvalue weighted by Gasteiger charge is -2.45. The monoisotopic (exact) mass is 301 g/mol. The van der Waals surface area contributed by atoms with Gasteiger partial charge in [-0.1, -0.05) is 6.92 Å². The van der Waals surface area contributed by atoms with Crippen LogP contribution in [-0.4, -0.2) is 33.2 Å². The molecule has 3 N–H and O–H groups in total. The maximum atomic E-state index is 9.90. The summed E-state index contributed by atoms with van der Waals surface area (Å²) in [6.45, 7) is 11.5. The zero-order chi connectivity index (χ0) is 16.7. The maximum absolute atomic E-state index is 9.90. The number of nitrogens with one attached hydrogen (secondary N) is 1. The second-order valence-electron chi connectivity index (χ2n) is 7.40. The van der Waals surface area contributed by atoms with Crippen molar-refractivity contribution in [1.29, 1.82) is 0 Å². The molecule has 0 saturated carbocycles. The van der Waals surface area contributed by atoms with Gasteiger partial charge in [0.2, 0.25) is 0 Å². The second kappa shape index (κ2) is 8.37. The molecule has 0 aliphatic carbocycles. The van der Waals surface area contributed by atoms with Gasteiger partial charge in [-0.15, -0.1) is 0 Å². The van der Waals surface area contributed by atoms with Gasteiger partial charge < -0.3 is 15.5 Å². The highest BCUT2D eigenvalue weighted by Gasteiger charge is 2.35. The smallest absolute Gasteiger partial charge is 0.303 e. The molecular formula is C16H31NO4. The van der Waals surface area contributed by atoms with Crippen molar-refractivity contribution in [2.45, 2.75) is 84.2 Å². The summed E-state index contributed by atoms with van der Waals surface area (Å²) in [5.41, 5.74) is 0.669. The Hall–Kier alpha value is -1.10. The van der Waals surface area contributed by atoms with E-state index in [-0.39, 0.29) is 12.8 Å². The van der Waals surface area contributed by atoms with Crippen molar-refractivity contribution in [2.75, 3.05) is 0 Å². The molecule has 124 valence electrons. The number of aliphatic carboxylic acids is 2. The number of piperidine rings is 1. The van der Waals surface area contributed by atoms with Crippen LogP contribution in [0, 0.1) is 5.92 Å². The quantitative estimate of drug-likeness (QED) is 0.678. The molecule has 0 amide bonds. The van der Waals surface area contributed by atoms with Gasteiger partial charge in [-0.3, -0.25) is 9.59 Å². The molecule has 1 heterocycles. The van der Waals surface area contributed by atoms with E-state index in [1.807, 2.05) is 0 Å². The van der Waals surface area contributed by atoms with E-state index in [1.54, 1.807) is 0 Å². The van der Waals surface area contributed by atoms with Gasteiger partial charge in [-0.25, -0.2) is 0 Å². The molecule has 0 aromatic rings. The van der Waals surface area contributed by atoms with E-state index in [2.05, 4.69) is 39.9 Å². The summed E-state index contributed by atoms with van der Waals surface area (Å²) in [5.74, 6) is -0.878. The molecule has 0 aromatic carbocycles. The fourth-order valence-corrected chi connectivity index (χ4v) is 3.39. The van der Waals surface area contributed by atoms with E-state index >= 15 is 0 Å². The van der Waals surface area contributed by atoms with Crippen molar-refractivity contribution < 1.29 is 19.8 Å². The van der Waals surface area contributed by atoms with Crippen LogP contribution < -0.4 is 5.32 Å². The van der Waals surface area contributed by atoms with Crippen LogP contribution in [0.3, 0.4) is 0 Å². The Morgan fingerprint density at radius 1 is 0.952 bits per heavy atom. The Labute approximate surface area is 128 Å². The standard InChI is InChI=1S/C10H21N.C6H10O4/c1-8-6-9(2,3)11-10(4,5)7-8;7-5(8)3-1-2-4-6(9)10/h8,11H,6-7H2,1-5H3;1-4H2,(H,7,8)(H,9,10). The summed E-state index contributed by atoms with van der Waals surface area (Å²) in [6, 6.07) is 0. The zero-order valence-electron chi connectivity index (χ0n) is 14.0. The lowest BCUT2D eigenvalue weighted by molar-refractivity contribution is -0.139. The summed E-state index contributed by atoms with van der Waals surface area (Å²) in [6.07, 6.45) is 3.62. The third-order valence-corrected chi connectivity index (χ3v) is 3.43. The molecule has 1 rings (SSSR count). The van der Waals surface area contributed by atoms with Crippen molar-refractivity contribution in [1.82, 2.24) is 5.32 Å². The van der Waals surface area contributed by atoms with Crippen LogP contribution in [0.5, 0.6) is 0 Å². The molecule has 0 bridgehead atoms. The highest BCUT2D eigenvalue weighted by atomic mass is 16.4. The van der Waals surface area contributed by atoms with E-state index < -0.39 is 11.9 Å². The fourth-order valence-electron chi connectivity index (χ4n) is 3.39. The number of hydrogen-bond donors (Lipinski definition) is 3. The lowest BCUT2D eigenvalue weighted by atomic mass is 9.77. The van der Waals surface area contributed by atoms with Gasteiger partial charge in [0.25, 0.3) is 0 Å². The predicted molar refractivity (Wildman–Crippen MR) is 83.4 cm³/mol.